The van der Waals surface area contributed by atoms with E-state index in [1.54, 1.807) is 6.20 Å². The lowest BCUT2D eigenvalue weighted by Crippen LogP contribution is -2.57. The molecule has 0 saturated carbocycles. The Labute approximate surface area is 164 Å². The van der Waals surface area contributed by atoms with Crippen LogP contribution in [0.25, 0.3) is 11.3 Å². The predicted octanol–water partition coefficient (Wildman–Crippen LogP) is 1.53. The Balaban J connectivity index is 0.00000210. The normalized spacial score (nSPS) is 20.3. The first-order valence-electron chi connectivity index (χ1n) is 9.12. The number of benzene rings is 1. The molecule has 27 heavy (non-hydrogen) atoms. The Morgan fingerprint density at radius 3 is 2.78 bits per heavy atom. The first kappa shape index (κ1) is 19.4. The average Bonchev–Trinajstić information content (AvgIpc) is 3.18. The van der Waals surface area contributed by atoms with Gasteiger partial charge in [0.25, 0.3) is 5.91 Å². The number of piperidine rings is 1. The molecule has 8 heteroatoms. The van der Waals surface area contributed by atoms with E-state index < -0.39 is 0 Å². The van der Waals surface area contributed by atoms with E-state index in [1.165, 1.54) is 0 Å². The lowest BCUT2D eigenvalue weighted by molar-refractivity contribution is -0.135. The molecule has 1 aromatic heterocycles. The summed E-state index contributed by atoms with van der Waals surface area (Å²) < 4.78 is 0. The smallest absolute Gasteiger partial charge is 0.257 e. The molecule has 2 saturated heterocycles. The fraction of sp³-hybridized carbons (Fsp3) is 0.421. The second-order valence-corrected chi connectivity index (χ2v) is 6.84. The van der Waals surface area contributed by atoms with Crippen molar-refractivity contribution in [2.24, 2.45) is 0 Å². The number of piperazine rings is 1. The first-order valence-corrected chi connectivity index (χ1v) is 9.12. The zero-order valence-electron chi connectivity index (χ0n) is 15.1. The molecule has 7 nitrogen and oxygen atoms in total. The van der Waals surface area contributed by atoms with Crippen LogP contribution in [0.15, 0.2) is 36.5 Å². The highest BCUT2D eigenvalue weighted by Gasteiger charge is 2.32. The summed E-state index contributed by atoms with van der Waals surface area (Å²) in [6, 6.07) is 9.86. The van der Waals surface area contributed by atoms with Crippen molar-refractivity contribution in [2.75, 3.05) is 32.7 Å². The standard InChI is InChI=1S/C19H23N5O2.ClH/c25-17-12-20-8-10-24(17)15-7-4-9-23(13-15)19(26)16-11-21-22-18(16)14-5-2-1-3-6-14;/h1-3,5-6,11,15,20H,4,7-10,12-13H2,(H,21,22);1H. The van der Waals surface area contributed by atoms with Crippen LogP contribution in [0.2, 0.25) is 0 Å². The number of nitrogens with one attached hydrogen (secondary N) is 2. The summed E-state index contributed by atoms with van der Waals surface area (Å²) in [7, 11) is 0. The van der Waals surface area contributed by atoms with Crippen molar-refractivity contribution in [1.82, 2.24) is 25.3 Å². The van der Waals surface area contributed by atoms with Crippen molar-refractivity contribution < 1.29 is 9.59 Å². The minimum Gasteiger partial charge on any atom is -0.336 e. The number of hydrogen-bond acceptors (Lipinski definition) is 4. The molecular weight excluding hydrogens is 366 g/mol. The zero-order valence-corrected chi connectivity index (χ0v) is 15.9. The topological polar surface area (TPSA) is 81.3 Å². The van der Waals surface area contributed by atoms with Crippen molar-refractivity contribution in [3.05, 3.63) is 42.1 Å². The zero-order chi connectivity index (χ0) is 17.9. The van der Waals surface area contributed by atoms with E-state index in [1.807, 2.05) is 40.1 Å². The fourth-order valence-corrected chi connectivity index (χ4v) is 3.84. The van der Waals surface area contributed by atoms with Crippen molar-refractivity contribution in [2.45, 2.75) is 18.9 Å². The quantitative estimate of drug-likeness (QED) is 0.834. The van der Waals surface area contributed by atoms with Crippen LogP contribution in [0, 0.1) is 0 Å². The Kier molecular flexibility index (Phi) is 6.13. The second-order valence-electron chi connectivity index (χ2n) is 6.84. The third kappa shape index (κ3) is 3.99. The van der Waals surface area contributed by atoms with Gasteiger partial charge >= 0.3 is 0 Å². The Hall–Kier alpha value is -2.38. The van der Waals surface area contributed by atoms with Gasteiger partial charge in [-0.1, -0.05) is 30.3 Å². The Bertz CT molecular complexity index is 794. The van der Waals surface area contributed by atoms with Crippen LogP contribution in [0.4, 0.5) is 0 Å². The Morgan fingerprint density at radius 1 is 1.19 bits per heavy atom. The van der Waals surface area contributed by atoms with Gasteiger partial charge in [0, 0.05) is 37.8 Å². The summed E-state index contributed by atoms with van der Waals surface area (Å²) in [5, 5.41) is 10.1. The molecule has 0 radical (unpaired) electrons. The van der Waals surface area contributed by atoms with Crippen molar-refractivity contribution in [3.63, 3.8) is 0 Å². The molecule has 2 amide bonds. The van der Waals surface area contributed by atoms with Crippen LogP contribution in [0.1, 0.15) is 23.2 Å². The molecule has 1 aromatic carbocycles. The molecule has 2 aromatic rings. The van der Waals surface area contributed by atoms with E-state index in [0.29, 0.717) is 25.2 Å². The second kappa shape index (κ2) is 8.54. The Morgan fingerprint density at radius 2 is 2.00 bits per heavy atom. The van der Waals surface area contributed by atoms with Crippen LogP contribution < -0.4 is 5.32 Å². The first-order chi connectivity index (χ1) is 12.7. The molecule has 1 unspecified atom stereocenters. The maximum atomic E-state index is 13.1. The number of carbonyl (C=O) groups is 2. The number of aromatic nitrogens is 2. The van der Waals surface area contributed by atoms with Gasteiger partial charge in [0.2, 0.25) is 5.91 Å². The summed E-state index contributed by atoms with van der Waals surface area (Å²) in [5.74, 6) is 0.105. The van der Waals surface area contributed by atoms with Crippen LogP contribution >= 0.6 is 12.4 Å². The highest BCUT2D eigenvalue weighted by molar-refractivity contribution is 5.99. The molecule has 2 aliphatic rings. The van der Waals surface area contributed by atoms with E-state index in [2.05, 4.69) is 15.5 Å². The van der Waals surface area contributed by atoms with Crippen LogP contribution in [0.5, 0.6) is 0 Å². The molecule has 0 aliphatic carbocycles. The molecule has 2 aliphatic heterocycles. The van der Waals surface area contributed by atoms with Gasteiger partial charge in [-0.2, -0.15) is 5.10 Å². The minimum absolute atomic E-state index is 0. The maximum Gasteiger partial charge on any atom is 0.257 e. The number of carbonyl (C=O) groups excluding carboxylic acids is 2. The van der Waals surface area contributed by atoms with Crippen molar-refractivity contribution in [1.29, 1.82) is 0 Å². The molecular formula is C19H24ClN5O2. The van der Waals surface area contributed by atoms with E-state index in [9.17, 15) is 9.59 Å². The van der Waals surface area contributed by atoms with E-state index in [-0.39, 0.29) is 30.3 Å². The van der Waals surface area contributed by atoms with Gasteiger partial charge < -0.3 is 15.1 Å². The van der Waals surface area contributed by atoms with Gasteiger partial charge in [-0.05, 0) is 12.8 Å². The molecule has 2 fully saturated rings. The van der Waals surface area contributed by atoms with Crippen LogP contribution in [0.3, 0.4) is 0 Å². The molecule has 0 spiro atoms. The molecule has 2 N–H and O–H groups in total. The summed E-state index contributed by atoms with van der Waals surface area (Å²) in [6.07, 6.45) is 3.46. The van der Waals surface area contributed by atoms with Gasteiger partial charge in [0.1, 0.15) is 0 Å². The average molecular weight is 390 g/mol. The number of rotatable bonds is 3. The monoisotopic (exact) mass is 389 g/mol. The summed E-state index contributed by atoms with van der Waals surface area (Å²) >= 11 is 0. The van der Waals surface area contributed by atoms with Crippen LogP contribution in [-0.2, 0) is 4.79 Å². The number of hydrogen-bond donors (Lipinski definition) is 2. The van der Waals surface area contributed by atoms with E-state index in [4.69, 9.17) is 0 Å². The fourth-order valence-electron chi connectivity index (χ4n) is 3.84. The number of halogens is 1. The van der Waals surface area contributed by atoms with Gasteiger partial charge in [0.15, 0.2) is 0 Å². The number of H-pyrrole nitrogens is 1. The number of nitrogens with zero attached hydrogens (tertiary/aromatic N) is 3. The summed E-state index contributed by atoms with van der Waals surface area (Å²) in [4.78, 5) is 29.1. The number of aromatic amines is 1. The molecule has 144 valence electrons. The molecule has 3 heterocycles. The van der Waals surface area contributed by atoms with Crippen molar-refractivity contribution in [3.8, 4) is 11.3 Å². The highest BCUT2D eigenvalue weighted by atomic mass is 35.5. The molecule has 4 rings (SSSR count). The van der Waals surface area contributed by atoms with Crippen molar-refractivity contribution >= 4 is 24.2 Å². The molecule has 1 atom stereocenters. The minimum atomic E-state index is -0.0233. The lowest BCUT2D eigenvalue weighted by atomic mass is 10.0. The SMILES string of the molecule is Cl.O=C(c1cn[nH]c1-c1ccccc1)N1CCCC(N2CCNCC2=O)C1. The van der Waals surface area contributed by atoms with Gasteiger partial charge in [0.05, 0.1) is 24.0 Å². The number of amides is 2. The molecule has 0 bridgehead atoms. The van der Waals surface area contributed by atoms with E-state index in [0.717, 1.165) is 37.2 Å². The van der Waals surface area contributed by atoms with Gasteiger partial charge in [-0.3, -0.25) is 14.7 Å². The predicted molar refractivity (Wildman–Crippen MR) is 105 cm³/mol. The third-order valence-electron chi connectivity index (χ3n) is 5.18. The lowest BCUT2D eigenvalue weighted by Gasteiger charge is -2.41. The third-order valence-corrected chi connectivity index (χ3v) is 5.18. The van der Waals surface area contributed by atoms with Gasteiger partial charge in [-0.25, -0.2) is 0 Å². The maximum absolute atomic E-state index is 13.1. The number of likely N-dealkylation sites (tertiary alicyclic amines) is 1. The van der Waals surface area contributed by atoms with E-state index >= 15 is 0 Å². The van der Waals surface area contributed by atoms with Gasteiger partial charge in [-0.15, -0.1) is 12.4 Å². The summed E-state index contributed by atoms with van der Waals surface area (Å²) in [5.41, 5.74) is 2.28. The summed E-state index contributed by atoms with van der Waals surface area (Å²) in [6.45, 7) is 3.23. The largest absolute Gasteiger partial charge is 0.336 e. The van der Waals surface area contributed by atoms with Crippen LogP contribution in [-0.4, -0.2) is 70.6 Å². The highest BCUT2D eigenvalue weighted by Crippen LogP contribution is 2.24.